The summed E-state index contributed by atoms with van der Waals surface area (Å²) in [5.74, 6) is -0.606. The number of nitrogens with one attached hydrogen (secondary N) is 2. The molecule has 0 aliphatic rings. The summed E-state index contributed by atoms with van der Waals surface area (Å²) in [6.45, 7) is 0. The number of aryl methyl sites for hydroxylation is 1. The topological polar surface area (TPSA) is 76.0 Å². The van der Waals surface area contributed by atoms with E-state index >= 15 is 0 Å². The fourth-order valence-electron chi connectivity index (χ4n) is 3.06. The van der Waals surface area contributed by atoms with Gasteiger partial charge < -0.3 is 10.6 Å². The number of anilines is 2. The zero-order chi connectivity index (χ0) is 21.8. The first kappa shape index (κ1) is 20.0. The summed E-state index contributed by atoms with van der Waals surface area (Å²) in [5.41, 5.74) is 2.93. The van der Waals surface area contributed by atoms with E-state index in [2.05, 4.69) is 15.7 Å². The molecular formula is C24H19FN4O2. The van der Waals surface area contributed by atoms with Crippen LogP contribution in [0.1, 0.15) is 20.7 Å². The number of halogens is 1. The van der Waals surface area contributed by atoms with Crippen molar-refractivity contribution in [2.45, 2.75) is 0 Å². The third kappa shape index (κ3) is 4.67. The Kier molecular flexibility index (Phi) is 5.57. The van der Waals surface area contributed by atoms with Crippen molar-refractivity contribution < 1.29 is 14.0 Å². The Morgan fingerprint density at radius 3 is 2.19 bits per heavy atom. The second-order valence-electron chi connectivity index (χ2n) is 6.90. The molecule has 0 aliphatic heterocycles. The summed E-state index contributed by atoms with van der Waals surface area (Å²) < 4.78 is 14.9. The van der Waals surface area contributed by atoms with E-state index in [-0.39, 0.29) is 11.5 Å². The van der Waals surface area contributed by atoms with Gasteiger partial charge in [-0.1, -0.05) is 36.4 Å². The lowest BCUT2D eigenvalue weighted by Crippen LogP contribution is -2.14. The van der Waals surface area contributed by atoms with Gasteiger partial charge in [0.05, 0.1) is 5.69 Å². The summed E-state index contributed by atoms with van der Waals surface area (Å²) in [5, 5.41) is 10.0. The molecule has 4 aromatic rings. The predicted molar refractivity (Wildman–Crippen MR) is 117 cm³/mol. The van der Waals surface area contributed by atoms with Gasteiger partial charge in [0.2, 0.25) is 0 Å². The van der Waals surface area contributed by atoms with Crippen LogP contribution >= 0.6 is 0 Å². The van der Waals surface area contributed by atoms with E-state index in [1.807, 2.05) is 30.3 Å². The van der Waals surface area contributed by atoms with E-state index in [4.69, 9.17) is 0 Å². The molecule has 6 nitrogen and oxygen atoms in total. The first-order valence-electron chi connectivity index (χ1n) is 9.57. The SMILES string of the molecule is Cn1nc(-c2ccc(NC(=O)c3ccccc3)cc2)cc1NC(=O)c1cccc(F)c1. The summed E-state index contributed by atoms with van der Waals surface area (Å²) in [7, 11) is 1.71. The van der Waals surface area contributed by atoms with Crippen LogP contribution in [0.3, 0.4) is 0 Å². The van der Waals surface area contributed by atoms with E-state index in [1.165, 1.54) is 28.9 Å². The lowest BCUT2D eigenvalue weighted by Gasteiger charge is -2.06. The first-order valence-corrected chi connectivity index (χ1v) is 9.57. The smallest absolute Gasteiger partial charge is 0.256 e. The third-order valence-electron chi connectivity index (χ3n) is 4.68. The van der Waals surface area contributed by atoms with Crippen LogP contribution in [0.25, 0.3) is 11.3 Å². The fourth-order valence-corrected chi connectivity index (χ4v) is 3.06. The molecule has 0 saturated heterocycles. The fraction of sp³-hybridized carbons (Fsp3) is 0.0417. The molecule has 4 rings (SSSR count). The van der Waals surface area contributed by atoms with Crippen molar-refractivity contribution in [3.8, 4) is 11.3 Å². The van der Waals surface area contributed by atoms with Gasteiger partial charge in [-0.15, -0.1) is 0 Å². The molecule has 0 radical (unpaired) electrons. The van der Waals surface area contributed by atoms with Crippen molar-refractivity contribution in [3.05, 3.63) is 102 Å². The number of hydrogen-bond donors (Lipinski definition) is 2. The second kappa shape index (κ2) is 8.62. The van der Waals surface area contributed by atoms with E-state index in [9.17, 15) is 14.0 Å². The predicted octanol–water partition coefficient (Wildman–Crippen LogP) is 4.73. The molecule has 0 aliphatic carbocycles. The van der Waals surface area contributed by atoms with Crippen LogP contribution in [-0.4, -0.2) is 21.6 Å². The number of nitrogens with zero attached hydrogens (tertiary/aromatic N) is 2. The maximum atomic E-state index is 13.4. The van der Waals surface area contributed by atoms with Crippen LogP contribution in [0.5, 0.6) is 0 Å². The van der Waals surface area contributed by atoms with Crippen molar-refractivity contribution in [1.29, 1.82) is 0 Å². The molecule has 2 N–H and O–H groups in total. The molecule has 2 amide bonds. The molecule has 0 saturated carbocycles. The van der Waals surface area contributed by atoms with Crippen LogP contribution in [0.4, 0.5) is 15.9 Å². The molecule has 1 aromatic heterocycles. The highest BCUT2D eigenvalue weighted by molar-refractivity contribution is 6.05. The third-order valence-corrected chi connectivity index (χ3v) is 4.68. The number of hydrogen-bond acceptors (Lipinski definition) is 3. The van der Waals surface area contributed by atoms with Crippen molar-refractivity contribution in [2.75, 3.05) is 10.6 Å². The number of rotatable bonds is 5. The van der Waals surface area contributed by atoms with E-state index in [1.54, 1.807) is 37.4 Å². The number of carbonyl (C=O) groups excluding carboxylic acids is 2. The van der Waals surface area contributed by atoms with E-state index in [0.717, 1.165) is 5.56 Å². The summed E-state index contributed by atoms with van der Waals surface area (Å²) >= 11 is 0. The minimum absolute atomic E-state index is 0.187. The van der Waals surface area contributed by atoms with Gasteiger partial charge in [-0.2, -0.15) is 5.10 Å². The molecule has 0 bridgehead atoms. The molecule has 0 unspecified atom stereocenters. The van der Waals surface area contributed by atoms with Gasteiger partial charge in [0.1, 0.15) is 11.6 Å². The highest BCUT2D eigenvalue weighted by Gasteiger charge is 2.13. The average Bonchev–Trinajstić information content (AvgIpc) is 3.15. The monoisotopic (exact) mass is 414 g/mol. The molecule has 154 valence electrons. The Morgan fingerprint density at radius 2 is 1.48 bits per heavy atom. The maximum absolute atomic E-state index is 13.4. The number of aromatic nitrogens is 2. The molecule has 1 heterocycles. The summed E-state index contributed by atoms with van der Waals surface area (Å²) in [6.07, 6.45) is 0. The standard InChI is InChI=1S/C24H19FN4O2/c1-29-22(27-24(31)18-8-5-9-19(25)14-18)15-21(28-29)16-10-12-20(13-11-16)26-23(30)17-6-3-2-4-7-17/h2-15H,1H3,(H,26,30)(H,27,31). The molecule has 3 aromatic carbocycles. The van der Waals surface area contributed by atoms with Crippen molar-refractivity contribution in [3.63, 3.8) is 0 Å². The Bertz CT molecular complexity index is 1230. The molecular weight excluding hydrogens is 395 g/mol. The van der Waals surface area contributed by atoms with Crippen molar-refractivity contribution >= 4 is 23.3 Å². The first-order chi connectivity index (χ1) is 15.0. The molecule has 0 fully saturated rings. The minimum Gasteiger partial charge on any atom is -0.322 e. The van der Waals surface area contributed by atoms with Gasteiger partial charge in [-0.3, -0.25) is 14.3 Å². The van der Waals surface area contributed by atoms with Gasteiger partial charge in [-0.05, 0) is 42.5 Å². The van der Waals surface area contributed by atoms with E-state index in [0.29, 0.717) is 22.8 Å². The second-order valence-corrected chi connectivity index (χ2v) is 6.90. The van der Waals surface area contributed by atoms with Gasteiger partial charge in [0.25, 0.3) is 11.8 Å². The Morgan fingerprint density at radius 1 is 0.806 bits per heavy atom. The Balaban J connectivity index is 1.46. The van der Waals surface area contributed by atoms with Crippen LogP contribution in [0.15, 0.2) is 84.9 Å². The molecule has 0 spiro atoms. The zero-order valence-electron chi connectivity index (χ0n) is 16.7. The maximum Gasteiger partial charge on any atom is 0.256 e. The van der Waals surface area contributed by atoms with Gasteiger partial charge in [-0.25, -0.2) is 4.39 Å². The number of benzene rings is 3. The quantitative estimate of drug-likeness (QED) is 0.496. The van der Waals surface area contributed by atoms with Crippen LogP contribution in [0.2, 0.25) is 0 Å². The van der Waals surface area contributed by atoms with E-state index < -0.39 is 11.7 Å². The highest BCUT2D eigenvalue weighted by atomic mass is 19.1. The summed E-state index contributed by atoms with van der Waals surface area (Å²) in [6, 6.07) is 23.4. The van der Waals surface area contributed by atoms with Crippen LogP contribution in [-0.2, 0) is 7.05 Å². The van der Waals surface area contributed by atoms with Gasteiger partial charge >= 0.3 is 0 Å². The average molecular weight is 414 g/mol. The Labute approximate surface area is 178 Å². The minimum atomic E-state index is -0.474. The molecule has 31 heavy (non-hydrogen) atoms. The lowest BCUT2D eigenvalue weighted by atomic mass is 10.1. The van der Waals surface area contributed by atoms with Crippen molar-refractivity contribution in [2.24, 2.45) is 7.05 Å². The largest absolute Gasteiger partial charge is 0.322 e. The lowest BCUT2D eigenvalue weighted by molar-refractivity contribution is 0.101. The highest BCUT2D eigenvalue weighted by Crippen LogP contribution is 2.24. The Hall–Kier alpha value is -4.26. The van der Waals surface area contributed by atoms with Gasteiger partial charge in [0, 0.05) is 35.5 Å². The zero-order valence-corrected chi connectivity index (χ0v) is 16.7. The van der Waals surface area contributed by atoms with Crippen LogP contribution in [0, 0.1) is 5.82 Å². The van der Waals surface area contributed by atoms with Crippen molar-refractivity contribution in [1.82, 2.24) is 9.78 Å². The van der Waals surface area contributed by atoms with Crippen LogP contribution < -0.4 is 10.6 Å². The molecule has 0 atom stereocenters. The number of amides is 2. The molecule has 7 heteroatoms. The van der Waals surface area contributed by atoms with Gasteiger partial charge in [0.15, 0.2) is 0 Å². The summed E-state index contributed by atoms with van der Waals surface area (Å²) in [4.78, 5) is 24.6. The normalized spacial score (nSPS) is 10.5. The number of carbonyl (C=O) groups is 2.